The third kappa shape index (κ3) is 6.30. The van der Waals surface area contributed by atoms with Crippen LogP contribution in [0.4, 0.5) is 10.5 Å². The monoisotopic (exact) mass is 407 g/mol. The minimum atomic E-state index is -0.223. The highest BCUT2D eigenvalue weighted by Crippen LogP contribution is 2.27. The zero-order valence-electron chi connectivity index (χ0n) is 16.8. The molecule has 0 spiro atoms. The zero-order chi connectivity index (χ0) is 20.6. The number of anilines is 1. The SMILES string of the molecule is Cc1cc(Sc2ncccn2)ccc1NC(=O)NCc1ccccc1CN(C)C. The summed E-state index contributed by atoms with van der Waals surface area (Å²) >= 11 is 1.49. The van der Waals surface area contributed by atoms with E-state index in [4.69, 9.17) is 0 Å². The molecule has 0 saturated heterocycles. The van der Waals surface area contributed by atoms with E-state index in [2.05, 4.69) is 31.6 Å². The number of benzene rings is 2. The van der Waals surface area contributed by atoms with Crippen LogP contribution in [0.1, 0.15) is 16.7 Å². The van der Waals surface area contributed by atoms with Gasteiger partial charge in [-0.1, -0.05) is 24.3 Å². The van der Waals surface area contributed by atoms with Crippen LogP contribution in [0.2, 0.25) is 0 Å². The number of amides is 2. The predicted octanol–water partition coefficient (Wildman–Crippen LogP) is 4.32. The summed E-state index contributed by atoms with van der Waals surface area (Å²) in [6.45, 7) is 3.29. The van der Waals surface area contributed by atoms with Gasteiger partial charge in [0.2, 0.25) is 0 Å². The van der Waals surface area contributed by atoms with Gasteiger partial charge in [-0.15, -0.1) is 0 Å². The number of hydrogen-bond acceptors (Lipinski definition) is 5. The van der Waals surface area contributed by atoms with E-state index in [1.54, 1.807) is 18.5 Å². The summed E-state index contributed by atoms with van der Waals surface area (Å²) < 4.78 is 0. The minimum Gasteiger partial charge on any atom is -0.334 e. The average Bonchev–Trinajstić information content (AvgIpc) is 2.70. The van der Waals surface area contributed by atoms with Gasteiger partial charge in [0.15, 0.2) is 5.16 Å². The Bertz CT molecular complexity index is 962. The van der Waals surface area contributed by atoms with E-state index < -0.39 is 0 Å². The Morgan fingerprint density at radius 1 is 1.03 bits per heavy atom. The summed E-state index contributed by atoms with van der Waals surface area (Å²) in [7, 11) is 4.07. The van der Waals surface area contributed by atoms with Crippen molar-refractivity contribution in [1.82, 2.24) is 20.2 Å². The molecule has 0 bridgehead atoms. The second-order valence-corrected chi connectivity index (χ2v) is 7.97. The van der Waals surface area contributed by atoms with Crippen molar-refractivity contribution in [1.29, 1.82) is 0 Å². The molecule has 0 saturated carbocycles. The predicted molar refractivity (Wildman–Crippen MR) is 117 cm³/mol. The molecule has 0 radical (unpaired) electrons. The number of rotatable bonds is 7. The smallest absolute Gasteiger partial charge is 0.319 e. The number of carbonyl (C=O) groups excluding carboxylic acids is 1. The molecule has 1 heterocycles. The zero-order valence-corrected chi connectivity index (χ0v) is 17.7. The minimum absolute atomic E-state index is 0.223. The van der Waals surface area contributed by atoms with Crippen molar-refractivity contribution in [3.05, 3.63) is 77.6 Å². The van der Waals surface area contributed by atoms with Gasteiger partial charge in [-0.2, -0.15) is 0 Å². The number of hydrogen-bond donors (Lipinski definition) is 2. The van der Waals surface area contributed by atoms with Gasteiger partial charge >= 0.3 is 6.03 Å². The van der Waals surface area contributed by atoms with E-state index in [0.29, 0.717) is 11.7 Å². The second kappa shape index (κ2) is 10.0. The Labute approximate surface area is 175 Å². The quantitative estimate of drug-likeness (QED) is 0.571. The fourth-order valence-corrected chi connectivity index (χ4v) is 3.66. The Hall–Kier alpha value is -2.90. The van der Waals surface area contributed by atoms with Crippen LogP contribution in [0.15, 0.2) is 71.0 Å². The number of carbonyl (C=O) groups is 1. The molecule has 2 aromatic carbocycles. The molecule has 0 unspecified atom stereocenters. The molecule has 29 heavy (non-hydrogen) atoms. The molecule has 1 aromatic heterocycles. The molecular formula is C22H25N5OS. The molecule has 2 amide bonds. The van der Waals surface area contributed by atoms with Gasteiger partial charge in [-0.25, -0.2) is 14.8 Å². The molecule has 7 heteroatoms. The number of urea groups is 1. The molecule has 0 aliphatic carbocycles. The molecular weight excluding hydrogens is 382 g/mol. The lowest BCUT2D eigenvalue weighted by molar-refractivity contribution is 0.251. The number of aromatic nitrogens is 2. The highest BCUT2D eigenvalue weighted by molar-refractivity contribution is 7.99. The van der Waals surface area contributed by atoms with Gasteiger partial charge in [0.05, 0.1) is 0 Å². The maximum Gasteiger partial charge on any atom is 0.319 e. The summed E-state index contributed by atoms with van der Waals surface area (Å²) in [6.07, 6.45) is 3.44. The van der Waals surface area contributed by atoms with Gasteiger partial charge in [-0.05, 0) is 73.7 Å². The molecule has 3 rings (SSSR count). The number of nitrogens with one attached hydrogen (secondary N) is 2. The van der Waals surface area contributed by atoms with Crippen LogP contribution < -0.4 is 10.6 Å². The van der Waals surface area contributed by atoms with Crippen LogP contribution in [-0.2, 0) is 13.1 Å². The van der Waals surface area contributed by atoms with Crippen molar-refractivity contribution in [3.63, 3.8) is 0 Å². The van der Waals surface area contributed by atoms with Crippen molar-refractivity contribution < 1.29 is 4.79 Å². The molecule has 0 aliphatic heterocycles. The molecule has 3 aromatic rings. The van der Waals surface area contributed by atoms with Crippen LogP contribution in [0, 0.1) is 6.92 Å². The first-order valence-electron chi connectivity index (χ1n) is 9.33. The third-order valence-corrected chi connectivity index (χ3v) is 5.12. The summed E-state index contributed by atoms with van der Waals surface area (Å²) in [5.74, 6) is 0. The summed E-state index contributed by atoms with van der Waals surface area (Å²) in [6, 6.07) is 15.6. The summed E-state index contributed by atoms with van der Waals surface area (Å²) in [4.78, 5) is 24.0. The summed E-state index contributed by atoms with van der Waals surface area (Å²) in [5.41, 5.74) is 4.08. The fraction of sp³-hybridized carbons (Fsp3) is 0.227. The van der Waals surface area contributed by atoms with Crippen LogP contribution >= 0.6 is 11.8 Å². The Morgan fingerprint density at radius 2 is 1.76 bits per heavy atom. The Balaban J connectivity index is 1.58. The van der Waals surface area contributed by atoms with E-state index in [0.717, 1.165) is 28.3 Å². The van der Waals surface area contributed by atoms with E-state index in [1.807, 2.05) is 57.4 Å². The van der Waals surface area contributed by atoms with E-state index in [9.17, 15) is 4.79 Å². The maximum absolute atomic E-state index is 12.4. The second-order valence-electron chi connectivity index (χ2n) is 6.92. The normalized spacial score (nSPS) is 10.8. The van der Waals surface area contributed by atoms with Gasteiger partial charge in [0.1, 0.15) is 0 Å². The van der Waals surface area contributed by atoms with Gasteiger partial charge in [0.25, 0.3) is 0 Å². The molecule has 2 N–H and O–H groups in total. The van der Waals surface area contributed by atoms with Crippen LogP contribution in [0.5, 0.6) is 0 Å². The van der Waals surface area contributed by atoms with Gasteiger partial charge in [-0.3, -0.25) is 0 Å². The third-order valence-electron chi connectivity index (χ3n) is 4.24. The standard InChI is InChI=1S/C22H25N5OS/c1-16-13-19(29-22-23-11-6-12-24-22)9-10-20(16)26-21(28)25-14-17-7-4-5-8-18(17)15-27(2)3/h4-13H,14-15H2,1-3H3,(H2,25,26,28). The molecule has 0 fully saturated rings. The molecule has 6 nitrogen and oxygen atoms in total. The van der Waals surface area contributed by atoms with E-state index in [1.165, 1.54) is 17.3 Å². The van der Waals surface area contributed by atoms with Crippen molar-refractivity contribution in [2.75, 3.05) is 19.4 Å². The first kappa shape index (κ1) is 20.8. The lowest BCUT2D eigenvalue weighted by atomic mass is 10.1. The highest BCUT2D eigenvalue weighted by atomic mass is 32.2. The first-order chi connectivity index (χ1) is 14.0. The topological polar surface area (TPSA) is 70.1 Å². The number of nitrogens with zero attached hydrogens (tertiary/aromatic N) is 3. The Kier molecular flexibility index (Phi) is 7.21. The largest absolute Gasteiger partial charge is 0.334 e. The lowest BCUT2D eigenvalue weighted by Crippen LogP contribution is -2.29. The fourth-order valence-electron chi connectivity index (χ4n) is 2.85. The van der Waals surface area contributed by atoms with Crippen molar-refractivity contribution in [2.45, 2.75) is 30.1 Å². The van der Waals surface area contributed by atoms with Crippen LogP contribution in [-0.4, -0.2) is 35.0 Å². The molecule has 150 valence electrons. The molecule has 0 aliphatic rings. The number of aryl methyl sites for hydroxylation is 1. The van der Waals surface area contributed by atoms with Crippen molar-refractivity contribution in [3.8, 4) is 0 Å². The van der Waals surface area contributed by atoms with Crippen LogP contribution in [0.3, 0.4) is 0 Å². The first-order valence-corrected chi connectivity index (χ1v) is 10.1. The average molecular weight is 408 g/mol. The highest BCUT2D eigenvalue weighted by Gasteiger charge is 2.08. The molecule has 0 atom stereocenters. The van der Waals surface area contributed by atoms with Gasteiger partial charge in [0, 0.05) is 36.1 Å². The lowest BCUT2D eigenvalue weighted by Gasteiger charge is -2.15. The van der Waals surface area contributed by atoms with E-state index >= 15 is 0 Å². The van der Waals surface area contributed by atoms with Crippen molar-refractivity contribution in [2.24, 2.45) is 0 Å². The summed E-state index contributed by atoms with van der Waals surface area (Å²) in [5, 5.41) is 6.58. The van der Waals surface area contributed by atoms with Crippen LogP contribution in [0.25, 0.3) is 0 Å². The maximum atomic E-state index is 12.4. The van der Waals surface area contributed by atoms with Gasteiger partial charge < -0.3 is 15.5 Å². The van der Waals surface area contributed by atoms with E-state index in [-0.39, 0.29) is 6.03 Å². The Morgan fingerprint density at radius 3 is 2.45 bits per heavy atom. The van der Waals surface area contributed by atoms with Crippen molar-refractivity contribution >= 4 is 23.5 Å².